The van der Waals surface area contributed by atoms with Gasteiger partial charge in [0.15, 0.2) is 0 Å². The molecule has 0 aliphatic heterocycles. The number of hydrogen-bond acceptors (Lipinski definition) is 2. The smallest absolute Gasteiger partial charge is 0.390 e. The average molecular weight is 197 g/mol. The van der Waals surface area contributed by atoms with E-state index in [1.807, 2.05) is 0 Å². The molecule has 2 N–H and O–H groups in total. The van der Waals surface area contributed by atoms with Crippen LogP contribution < -0.4 is 5.32 Å². The molecule has 6 heteroatoms. The van der Waals surface area contributed by atoms with E-state index in [2.05, 4.69) is 5.32 Å². The van der Waals surface area contributed by atoms with Crippen LogP contribution in [0.15, 0.2) is 0 Å². The summed E-state index contributed by atoms with van der Waals surface area (Å²) in [5, 5.41) is 11.0. The molecule has 0 aromatic heterocycles. The lowest BCUT2D eigenvalue weighted by molar-refractivity contribution is -0.143. The van der Waals surface area contributed by atoms with Gasteiger partial charge in [-0.1, -0.05) is 0 Å². The molecule has 1 aliphatic rings. The molecule has 0 bridgehead atoms. The first-order valence-electron chi connectivity index (χ1n) is 3.91. The Bertz CT molecular complexity index is 210. The minimum Gasteiger partial charge on any atom is -0.480 e. The highest BCUT2D eigenvalue weighted by Gasteiger charge is 2.50. The molecule has 1 rings (SSSR count). The Morgan fingerprint density at radius 1 is 1.46 bits per heavy atom. The maximum absolute atomic E-state index is 11.7. The fraction of sp³-hybridized carbons (Fsp3) is 0.857. The van der Waals surface area contributed by atoms with Gasteiger partial charge in [0, 0.05) is 6.54 Å². The molecule has 3 nitrogen and oxygen atoms in total. The highest BCUT2D eigenvalue weighted by atomic mass is 19.4. The lowest BCUT2D eigenvalue weighted by Gasteiger charge is -2.12. The number of carboxylic acids is 1. The molecule has 0 amide bonds. The van der Waals surface area contributed by atoms with Gasteiger partial charge in [-0.15, -0.1) is 0 Å². The molecule has 1 saturated carbocycles. The number of halogens is 3. The predicted octanol–water partition coefficient (Wildman–Crippen LogP) is 1.15. The molecule has 1 aliphatic carbocycles. The van der Waals surface area contributed by atoms with Gasteiger partial charge >= 0.3 is 12.1 Å². The lowest BCUT2D eigenvalue weighted by Crippen LogP contribution is -2.40. The Kier molecular flexibility index (Phi) is 2.51. The molecule has 0 atom stereocenters. The van der Waals surface area contributed by atoms with E-state index < -0.39 is 24.1 Å². The minimum absolute atomic E-state index is 0.324. The number of alkyl halides is 3. The summed E-state index contributed by atoms with van der Waals surface area (Å²) in [5.74, 6) is -1.06. The van der Waals surface area contributed by atoms with Crippen LogP contribution in [-0.4, -0.2) is 29.3 Å². The fourth-order valence-corrected chi connectivity index (χ4v) is 1.03. The molecule has 0 unspecified atom stereocenters. The van der Waals surface area contributed by atoms with Crippen LogP contribution in [0.1, 0.15) is 19.3 Å². The van der Waals surface area contributed by atoms with E-state index in [9.17, 15) is 18.0 Å². The highest BCUT2D eigenvalue weighted by Crippen LogP contribution is 2.35. The summed E-state index contributed by atoms with van der Waals surface area (Å²) in [5.41, 5.74) is -1.06. The molecule has 13 heavy (non-hydrogen) atoms. The molecule has 1 fully saturated rings. The Hall–Kier alpha value is -0.780. The third kappa shape index (κ3) is 2.87. The molecular weight excluding hydrogens is 187 g/mol. The van der Waals surface area contributed by atoms with Crippen LogP contribution >= 0.6 is 0 Å². The van der Waals surface area contributed by atoms with Crippen molar-refractivity contribution in [2.75, 3.05) is 6.54 Å². The number of carboxylic acid groups (broad SMARTS) is 1. The summed E-state index contributed by atoms with van der Waals surface area (Å²) < 4.78 is 35.0. The Labute approximate surface area is 72.9 Å². The second kappa shape index (κ2) is 3.17. The lowest BCUT2D eigenvalue weighted by atomic mass is 10.2. The van der Waals surface area contributed by atoms with E-state index in [1.54, 1.807) is 0 Å². The zero-order chi connectivity index (χ0) is 10.1. The maximum atomic E-state index is 11.7. The molecule has 0 saturated heterocycles. The van der Waals surface area contributed by atoms with Gasteiger partial charge in [-0.2, -0.15) is 13.2 Å². The van der Waals surface area contributed by atoms with Crippen LogP contribution in [0.25, 0.3) is 0 Å². The maximum Gasteiger partial charge on any atom is 0.390 e. The van der Waals surface area contributed by atoms with E-state index in [4.69, 9.17) is 5.11 Å². The summed E-state index contributed by atoms with van der Waals surface area (Å²) in [6, 6.07) is 0. The van der Waals surface area contributed by atoms with E-state index in [-0.39, 0.29) is 6.54 Å². The number of aliphatic carboxylic acids is 1. The monoisotopic (exact) mass is 197 g/mol. The van der Waals surface area contributed by atoms with E-state index in [0.717, 1.165) is 0 Å². The van der Waals surface area contributed by atoms with Crippen molar-refractivity contribution in [3.05, 3.63) is 0 Å². The van der Waals surface area contributed by atoms with Crippen molar-refractivity contribution in [3.8, 4) is 0 Å². The first-order chi connectivity index (χ1) is 5.86. The molecule has 0 radical (unpaired) electrons. The summed E-state index contributed by atoms with van der Waals surface area (Å²) in [4.78, 5) is 10.5. The van der Waals surface area contributed by atoms with Gasteiger partial charge in [0.25, 0.3) is 0 Å². The Balaban J connectivity index is 2.24. The molecule has 76 valence electrons. The molecule has 0 heterocycles. The molecule has 0 aromatic carbocycles. The number of hydrogen-bond donors (Lipinski definition) is 2. The van der Waals surface area contributed by atoms with Crippen molar-refractivity contribution in [2.24, 2.45) is 0 Å². The van der Waals surface area contributed by atoms with Crippen LogP contribution in [0, 0.1) is 0 Å². The predicted molar refractivity (Wildman–Crippen MR) is 38.3 cm³/mol. The minimum atomic E-state index is -4.22. The number of nitrogens with one attached hydrogen (secondary N) is 1. The Morgan fingerprint density at radius 3 is 2.31 bits per heavy atom. The zero-order valence-electron chi connectivity index (χ0n) is 6.82. The van der Waals surface area contributed by atoms with Crippen LogP contribution in [0.3, 0.4) is 0 Å². The second-order valence-corrected chi connectivity index (χ2v) is 3.18. The second-order valence-electron chi connectivity index (χ2n) is 3.18. The zero-order valence-corrected chi connectivity index (χ0v) is 6.82. The van der Waals surface area contributed by atoms with Crippen LogP contribution in [-0.2, 0) is 4.79 Å². The SMILES string of the molecule is O=C(O)C1(NCCC(F)(F)F)CC1. The van der Waals surface area contributed by atoms with Gasteiger partial charge in [0.2, 0.25) is 0 Å². The average Bonchev–Trinajstić information content (AvgIpc) is 2.65. The fourth-order valence-electron chi connectivity index (χ4n) is 1.03. The largest absolute Gasteiger partial charge is 0.480 e. The molecular formula is C7H10F3NO2. The van der Waals surface area contributed by atoms with E-state index in [1.165, 1.54) is 0 Å². The van der Waals surface area contributed by atoms with Crippen molar-refractivity contribution in [1.82, 2.24) is 5.32 Å². The topological polar surface area (TPSA) is 49.3 Å². The quantitative estimate of drug-likeness (QED) is 0.710. The molecule has 0 aromatic rings. The first-order valence-corrected chi connectivity index (χ1v) is 3.91. The summed E-state index contributed by atoms with van der Waals surface area (Å²) in [6.07, 6.45) is -4.37. The van der Waals surface area contributed by atoms with Gasteiger partial charge in [-0.05, 0) is 12.8 Å². The highest BCUT2D eigenvalue weighted by molar-refractivity contribution is 5.82. The number of rotatable bonds is 4. The van der Waals surface area contributed by atoms with Crippen LogP contribution in [0.2, 0.25) is 0 Å². The van der Waals surface area contributed by atoms with Gasteiger partial charge in [0.1, 0.15) is 5.54 Å². The first kappa shape index (κ1) is 10.3. The van der Waals surface area contributed by atoms with Gasteiger partial charge in [-0.3, -0.25) is 4.79 Å². The van der Waals surface area contributed by atoms with Crippen molar-refractivity contribution < 1.29 is 23.1 Å². The standard InChI is InChI=1S/C7H10F3NO2/c8-7(9,10)3-4-11-6(1-2-6)5(12)13/h11H,1-4H2,(H,12,13). The van der Waals surface area contributed by atoms with E-state index in [0.29, 0.717) is 12.8 Å². The van der Waals surface area contributed by atoms with Crippen molar-refractivity contribution >= 4 is 5.97 Å². The third-order valence-electron chi connectivity index (χ3n) is 2.03. The Morgan fingerprint density at radius 2 is 2.00 bits per heavy atom. The summed E-state index contributed by atoms with van der Waals surface area (Å²) in [6.45, 7) is -0.324. The van der Waals surface area contributed by atoms with Crippen molar-refractivity contribution in [1.29, 1.82) is 0 Å². The van der Waals surface area contributed by atoms with Crippen molar-refractivity contribution in [2.45, 2.75) is 31.0 Å². The third-order valence-corrected chi connectivity index (χ3v) is 2.03. The van der Waals surface area contributed by atoms with Gasteiger partial charge in [0.05, 0.1) is 6.42 Å². The summed E-state index contributed by atoms with van der Waals surface area (Å²) in [7, 11) is 0. The molecule has 0 spiro atoms. The van der Waals surface area contributed by atoms with Crippen molar-refractivity contribution in [3.63, 3.8) is 0 Å². The number of carbonyl (C=O) groups is 1. The van der Waals surface area contributed by atoms with Gasteiger partial charge < -0.3 is 10.4 Å². The van der Waals surface area contributed by atoms with Gasteiger partial charge in [-0.25, -0.2) is 0 Å². The summed E-state index contributed by atoms with van der Waals surface area (Å²) >= 11 is 0. The van der Waals surface area contributed by atoms with Crippen LogP contribution in [0.4, 0.5) is 13.2 Å². The normalized spacial score (nSPS) is 19.9. The van der Waals surface area contributed by atoms with E-state index >= 15 is 0 Å². The van der Waals surface area contributed by atoms with Crippen LogP contribution in [0.5, 0.6) is 0 Å².